The van der Waals surface area contributed by atoms with Crippen molar-refractivity contribution in [3.63, 3.8) is 0 Å². The van der Waals surface area contributed by atoms with E-state index in [1.54, 1.807) is 7.11 Å². The van der Waals surface area contributed by atoms with Crippen molar-refractivity contribution in [2.75, 3.05) is 27.2 Å². The summed E-state index contributed by atoms with van der Waals surface area (Å²) in [6, 6.07) is 9.16. The molecule has 1 aliphatic rings. The number of hydrogen-bond acceptors (Lipinski definition) is 3. The maximum absolute atomic E-state index is 5.26. The number of likely N-dealkylation sites (tertiary alicyclic amines) is 1. The summed E-state index contributed by atoms with van der Waals surface area (Å²) < 4.78 is 5.26. The Kier molecular flexibility index (Phi) is 5.37. The van der Waals surface area contributed by atoms with Crippen LogP contribution in [0, 0.1) is 5.92 Å². The van der Waals surface area contributed by atoms with Crippen molar-refractivity contribution in [1.82, 2.24) is 10.2 Å². The van der Waals surface area contributed by atoms with Gasteiger partial charge >= 0.3 is 0 Å². The standard InChI is InChI=1S/C16H26N2O/c1-13-11-18(2)9-8-16(13)17-10-14-6-4-5-7-15(14)12-19-3/h4-7,13,16-17H,8-12H2,1-3H3. The smallest absolute Gasteiger partial charge is 0.0716 e. The van der Waals surface area contributed by atoms with E-state index in [-0.39, 0.29) is 0 Å². The van der Waals surface area contributed by atoms with Gasteiger partial charge in [-0.05, 0) is 37.1 Å². The van der Waals surface area contributed by atoms with Gasteiger partial charge in [0.15, 0.2) is 0 Å². The van der Waals surface area contributed by atoms with Gasteiger partial charge < -0.3 is 15.0 Å². The van der Waals surface area contributed by atoms with Crippen molar-refractivity contribution in [3.8, 4) is 0 Å². The van der Waals surface area contributed by atoms with Crippen LogP contribution in [-0.2, 0) is 17.9 Å². The van der Waals surface area contributed by atoms with Crippen LogP contribution in [0.5, 0.6) is 0 Å². The van der Waals surface area contributed by atoms with Crippen molar-refractivity contribution in [2.45, 2.75) is 32.5 Å². The molecule has 2 atom stereocenters. The van der Waals surface area contributed by atoms with Crippen LogP contribution in [0.2, 0.25) is 0 Å². The summed E-state index contributed by atoms with van der Waals surface area (Å²) in [6.07, 6.45) is 1.24. The molecule has 0 saturated carbocycles. The molecule has 1 heterocycles. The van der Waals surface area contributed by atoms with Crippen LogP contribution in [0.25, 0.3) is 0 Å². The van der Waals surface area contributed by atoms with Crippen molar-refractivity contribution < 1.29 is 4.74 Å². The first-order valence-electron chi connectivity index (χ1n) is 7.18. The van der Waals surface area contributed by atoms with Crippen LogP contribution in [0.1, 0.15) is 24.5 Å². The zero-order chi connectivity index (χ0) is 13.7. The van der Waals surface area contributed by atoms with Gasteiger partial charge in [0.25, 0.3) is 0 Å². The van der Waals surface area contributed by atoms with Crippen LogP contribution in [0.15, 0.2) is 24.3 Å². The minimum Gasteiger partial charge on any atom is -0.380 e. The molecular formula is C16H26N2O. The highest BCUT2D eigenvalue weighted by molar-refractivity contribution is 5.26. The summed E-state index contributed by atoms with van der Waals surface area (Å²) >= 11 is 0. The highest BCUT2D eigenvalue weighted by atomic mass is 16.5. The molecule has 0 aliphatic carbocycles. The van der Waals surface area contributed by atoms with E-state index < -0.39 is 0 Å². The average molecular weight is 262 g/mol. The maximum atomic E-state index is 5.26. The molecule has 1 N–H and O–H groups in total. The Bertz CT molecular complexity index is 394. The summed E-state index contributed by atoms with van der Waals surface area (Å²) in [7, 11) is 3.96. The van der Waals surface area contributed by atoms with E-state index in [1.807, 2.05) is 0 Å². The Hall–Kier alpha value is -0.900. The van der Waals surface area contributed by atoms with E-state index in [9.17, 15) is 0 Å². The predicted octanol–water partition coefficient (Wildman–Crippen LogP) is 2.26. The maximum Gasteiger partial charge on any atom is 0.0716 e. The molecule has 0 amide bonds. The highest BCUT2D eigenvalue weighted by Crippen LogP contribution is 2.17. The fourth-order valence-corrected chi connectivity index (χ4v) is 2.92. The van der Waals surface area contributed by atoms with Gasteiger partial charge in [-0.15, -0.1) is 0 Å². The van der Waals surface area contributed by atoms with E-state index in [0.29, 0.717) is 18.6 Å². The second-order valence-corrected chi connectivity index (χ2v) is 5.72. The second kappa shape index (κ2) is 7.04. The molecule has 1 aromatic rings. The van der Waals surface area contributed by atoms with E-state index in [2.05, 4.69) is 48.5 Å². The topological polar surface area (TPSA) is 24.5 Å². The molecule has 0 aromatic heterocycles. The lowest BCUT2D eigenvalue weighted by Gasteiger charge is -2.35. The SMILES string of the molecule is COCc1ccccc1CNC1CCN(C)CC1C. The Morgan fingerprint density at radius 3 is 2.74 bits per heavy atom. The minimum atomic E-state index is 0.631. The largest absolute Gasteiger partial charge is 0.380 e. The number of benzene rings is 1. The molecule has 106 valence electrons. The molecule has 1 aromatic carbocycles. The first-order valence-corrected chi connectivity index (χ1v) is 7.18. The number of hydrogen-bond donors (Lipinski definition) is 1. The summed E-state index contributed by atoms with van der Waals surface area (Å²) in [5.41, 5.74) is 2.65. The summed E-state index contributed by atoms with van der Waals surface area (Å²) in [5, 5.41) is 3.72. The minimum absolute atomic E-state index is 0.631. The third kappa shape index (κ3) is 4.03. The molecule has 0 bridgehead atoms. The Balaban J connectivity index is 1.91. The quantitative estimate of drug-likeness (QED) is 0.881. The molecule has 0 radical (unpaired) electrons. The van der Waals surface area contributed by atoms with Crippen LogP contribution >= 0.6 is 0 Å². The highest BCUT2D eigenvalue weighted by Gasteiger charge is 2.23. The van der Waals surface area contributed by atoms with Crippen LogP contribution in [0.3, 0.4) is 0 Å². The lowest BCUT2D eigenvalue weighted by atomic mass is 9.94. The van der Waals surface area contributed by atoms with Gasteiger partial charge in [-0.1, -0.05) is 31.2 Å². The van der Waals surface area contributed by atoms with Crippen molar-refractivity contribution in [2.24, 2.45) is 5.92 Å². The molecule has 1 saturated heterocycles. The Morgan fingerprint density at radius 1 is 1.32 bits per heavy atom. The zero-order valence-electron chi connectivity index (χ0n) is 12.4. The zero-order valence-corrected chi connectivity index (χ0v) is 12.4. The van der Waals surface area contributed by atoms with Crippen LogP contribution in [0.4, 0.5) is 0 Å². The lowest BCUT2D eigenvalue weighted by molar-refractivity contribution is 0.172. The number of piperidine rings is 1. The van der Waals surface area contributed by atoms with Gasteiger partial charge in [0.1, 0.15) is 0 Å². The molecule has 1 aliphatic heterocycles. The molecule has 3 heteroatoms. The fraction of sp³-hybridized carbons (Fsp3) is 0.625. The van der Waals surface area contributed by atoms with E-state index in [4.69, 9.17) is 4.74 Å². The number of nitrogens with one attached hydrogen (secondary N) is 1. The van der Waals surface area contributed by atoms with E-state index in [0.717, 1.165) is 6.54 Å². The molecule has 2 unspecified atom stereocenters. The lowest BCUT2D eigenvalue weighted by Crippen LogP contribution is -2.46. The van der Waals surface area contributed by atoms with Crippen molar-refractivity contribution in [3.05, 3.63) is 35.4 Å². The number of nitrogens with zero attached hydrogens (tertiary/aromatic N) is 1. The van der Waals surface area contributed by atoms with Crippen LogP contribution < -0.4 is 5.32 Å². The van der Waals surface area contributed by atoms with E-state index in [1.165, 1.54) is 30.6 Å². The van der Waals surface area contributed by atoms with Gasteiger partial charge in [-0.2, -0.15) is 0 Å². The predicted molar refractivity (Wildman–Crippen MR) is 79.1 cm³/mol. The Labute approximate surface area is 116 Å². The number of rotatable bonds is 5. The van der Waals surface area contributed by atoms with Gasteiger partial charge in [0.05, 0.1) is 6.61 Å². The first kappa shape index (κ1) is 14.5. The average Bonchev–Trinajstić information content (AvgIpc) is 2.40. The number of methoxy groups -OCH3 is 1. The monoisotopic (exact) mass is 262 g/mol. The van der Waals surface area contributed by atoms with Gasteiger partial charge in [0, 0.05) is 26.2 Å². The van der Waals surface area contributed by atoms with Gasteiger partial charge in [-0.3, -0.25) is 0 Å². The first-order chi connectivity index (χ1) is 9.20. The molecule has 3 nitrogen and oxygen atoms in total. The normalized spacial score (nSPS) is 24.6. The number of ether oxygens (including phenoxy) is 1. The van der Waals surface area contributed by atoms with Crippen LogP contribution in [-0.4, -0.2) is 38.2 Å². The summed E-state index contributed by atoms with van der Waals surface area (Å²) in [4.78, 5) is 2.42. The molecule has 1 fully saturated rings. The Morgan fingerprint density at radius 2 is 2.05 bits per heavy atom. The fourth-order valence-electron chi connectivity index (χ4n) is 2.92. The summed E-state index contributed by atoms with van der Waals surface area (Å²) in [5.74, 6) is 0.716. The van der Waals surface area contributed by atoms with Gasteiger partial charge in [0.2, 0.25) is 0 Å². The molecule has 2 rings (SSSR count). The third-order valence-corrected chi connectivity index (χ3v) is 4.08. The van der Waals surface area contributed by atoms with Gasteiger partial charge in [-0.25, -0.2) is 0 Å². The van der Waals surface area contributed by atoms with Crippen molar-refractivity contribution in [1.29, 1.82) is 0 Å². The molecule has 19 heavy (non-hydrogen) atoms. The van der Waals surface area contributed by atoms with Crippen molar-refractivity contribution >= 4 is 0 Å². The second-order valence-electron chi connectivity index (χ2n) is 5.72. The third-order valence-electron chi connectivity index (χ3n) is 4.08. The van der Waals surface area contributed by atoms with E-state index >= 15 is 0 Å². The molecular weight excluding hydrogens is 236 g/mol. The molecule has 0 spiro atoms. The summed E-state index contributed by atoms with van der Waals surface area (Å²) in [6.45, 7) is 6.37.